The summed E-state index contributed by atoms with van der Waals surface area (Å²) >= 11 is 0. The fourth-order valence-corrected chi connectivity index (χ4v) is 1.62. The predicted octanol–water partition coefficient (Wildman–Crippen LogP) is 3.35. The highest BCUT2D eigenvalue weighted by molar-refractivity contribution is 4.86. The monoisotopic (exact) mass is 137 g/mol. The van der Waals surface area contributed by atoms with Crippen molar-refractivity contribution in [2.45, 2.75) is 38.5 Å². The molecule has 0 atom stereocenters. The first-order valence-corrected chi connectivity index (χ1v) is 4.37. The zero-order valence-corrected chi connectivity index (χ0v) is 6.68. The summed E-state index contributed by atoms with van der Waals surface area (Å²) in [5.74, 6) is 0.965. The molecule has 1 rings (SSSR count). The van der Waals surface area contributed by atoms with Gasteiger partial charge in [0, 0.05) is 0 Å². The van der Waals surface area contributed by atoms with E-state index in [0.29, 0.717) is 0 Å². The smallest absolute Gasteiger partial charge is 0.0348 e. The van der Waals surface area contributed by atoms with Crippen LogP contribution in [0.1, 0.15) is 38.5 Å². The minimum atomic E-state index is 0.965. The van der Waals surface area contributed by atoms with E-state index in [1.54, 1.807) is 0 Å². The molecule has 0 fully saturated rings. The van der Waals surface area contributed by atoms with Gasteiger partial charge in [0.1, 0.15) is 0 Å². The molecule has 0 saturated heterocycles. The van der Waals surface area contributed by atoms with Crippen LogP contribution in [0.15, 0.2) is 12.2 Å². The quantitative estimate of drug-likeness (QED) is 0.512. The van der Waals surface area contributed by atoms with Gasteiger partial charge < -0.3 is 0 Å². The lowest BCUT2D eigenvalue weighted by Gasteiger charge is -2.10. The third-order valence-corrected chi connectivity index (χ3v) is 2.26. The summed E-state index contributed by atoms with van der Waals surface area (Å²) in [6, 6.07) is 0. The molecule has 0 aromatic carbocycles. The average Bonchev–Trinajstić information content (AvgIpc) is 2.17. The van der Waals surface area contributed by atoms with Crippen LogP contribution in [-0.2, 0) is 0 Å². The van der Waals surface area contributed by atoms with E-state index >= 15 is 0 Å². The Morgan fingerprint density at radius 3 is 2.30 bits per heavy atom. The molecule has 0 aromatic heterocycles. The molecule has 0 unspecified atom stereocenters. The lowest BCUT2D eigenvalue weighted by molar-refractivity contribution is 0.437. The second-order valence-electron chi connectivity index (χ2n) is 3.13. The third kappa shape index (κ3) is 2.55. The molecule has 0 nitrogen and oxygen atoms in total. The number of hydrogen-bond donors (Lipinski definition) is 0. The molecule has 0 heteroatoms. The van der Waals surface area contributed by atoms with E-state index in [1.807, 2.05) is 0 Å². The van der Waals surface area contributed by atoms with Crippen molar-refractivity contribution in [3.63, 3.8) is 0 Å². The van der Waals surface area contributed by atoms with Crippen molar-refractivity contribution in [2.75, 3.05) is 0 Å². The molecule has 1 aliphatic carbocycles. The summed E-state index contributed by atoms with van der Waals surface area (Å²) in [6.45, 7) is 3.89. The maximum absolute atomic E-state index is 3.89. The highest BCUT2D eigenvalue weighted by Crippen LogP contribution is 2.22. The topological polar surface area (TPSA) is 0 Å². The van der Waals surface area contributed by atoms with E-state index in [2.05, 4.69) is 19.1 Å². The van der Waals surface area contributed by atoms with E-state index in [4.69, 9.17) is 0 Å². The van der Waals surface area contributed by atoms with Gasteiger partial charge in [-0.2, -0.15) is 0 Å². The van der Waals surface area contributed by atoms with Crippen LogP contribution < -0.4 is 0 Å². The summed E-state index contributed by atoms with van der Waals surface area (Å²) in [4.78, 5) is 0. The van der Waals surface area contributed by atoms with Gasteiger partial charge in [-0.3, -0.25) is 0 Å². The first-order chi connectivity index (χ1) is 4.93. The Morgan fingerprint density at radius 2 is 1.80 bits per heavy atom. The van der Waals surface area contributed by atoms with Gasteiger partial charge in [0.25, 0.3) is 0 Å². The molecular formula is C10H17. The Bertz CT molecular complexity index is 92.6. The summed E-state index contributed by atoms with van der Waals surface area (Å²) in [5, 5.41) is 0. The van der Waals surface area contributed by atoms with Gasteiger partial charge in [-0.05, 0) is 31.6 Å². The van der Waals surface area contributed by atoms with E-state index < -0.39 is 0 Å². The van der Waals surface area contributed by atoms with Crippen LogP contribution in [0, 0.1) is 12.8 Å². The minimum Gasteiger partial charge on any atom is -0.0885 e. The fraction of sp³-hybridized carbons (Fsp3) is 0.700. The van der Waals surface area contributed by atoms with Crippen molar-refractivity contribution in [3.8, 4) is 0 Å². The molecule has 0 bridgehead atoms. The van der Waals surface area contributed by atoms with E-state index in [1.165, 1.54) is 32.1 Å². The Kier molecular flexibility index (Phi) is 3.56. The lowest BCUT2D eigenvalue weighted by Crippen LogP contribution is -1.97. The van der Waals surface area contributed by atoms with Crippen molar-refractivity contribution >= 4 is 0 Å². The number of rotatable bonds is 2. The van der Waals surface area contributed by atoms with Crippen LogP contribution in [0.5, 0.6) is 0 Å². The molecule has 0 amide bonds. The SMILES string of the molecule is [CH2]CCC1CCC=CCC1. The molecule has 0 N–H and O–H groups in total. The maximum atomic E-state index is 3.89. The average molecular weight is 137 g/mol. The minimum absolute atomic E-state index is 0.965. The van der Waals surface area contributed by atoms with E-state index in [0.717, 1.165) is 12.3 Å². The molecule has 0 aliphatic heterocycles. The van der Waals surface area contributed by atoms with Crippen molar-refractivity contribution in [1.29, 1.82) is 0 Å². The van der Waals surface area contributed by atoms with Crippen LogP contribution in [-0.4, -0.2) is 0 Å². The predicted molar refractivity (Wildman–Crippen MR) is 45.7 cm³/mol. The second kappa shape index (κ2) is 4.54. The van der Waals surface area contributed by atoms with Crippen LogP contribution >= 0.6 is 0 Å². The van der Waals surface area contributed by atoms with Gasteiger partial charge >= 0.3 is 0 Å². The van der Waals surface area contributed by atoms with E-state index in [9.17, 15) is 0 Å². The first kappa shape index (κ1) is 7.84. The normalized spacial score (nSPS) is 20.9. The Hall–Kier alpha value is -0.260. The Morgan fingerprint density at radius 1 is 1.20 bits per heavy atom. The summed E-state index contributed by atoms with van der Waals surface area (Å²) in [5.41, 5.74) is 0. The molecule has 10 heavy (non-hydrogen) atoms. The highest BCUT2D eigenvalue weighted by atomic mass is 14.1. The van der Waals surface area contributed by atoms with Gasteiger partial charge in [0.2, 0.25) is 0 Å². The van der Waals surface area contributed by atoms with Crippen LogP contribution in [0.4, 0.5) is 0 Å². The van der Waals surface area contributed by atoms with Crippen molar-refractivity contribution in [2.24, 2.45) is 5.92 Å². The third-order valence-electron chi connectivity index (χ3n) is 2.26. The lowest BCUT2D eigenvalue weighted by atomic mass is 9.95. The van der Waals surface area contributed by atoms with Gasteiger partial charge in [-0.1, -0.05) is 31.9 Å². The fourth-order valence-electron chi connectivity index (χ4n) is 1.62. The number of allylic oxidation sites excluding steroid dienone is 2. The number of hydrogen-bond acceptors (Lipinski definition) is 0. The van der Waals surface area contributed by atoms with Gasteiger partial charge in [-0.25, -0.2) is 0 Å². The zero-order valence-electron chi connectivity index (χ0n) is 6.68. The van der Waals surface area contributed by atoms with Crippen LogP contribution in [0.2, 0.25) is 0 Å². The van der Waals surface area contributed by atoms with Gasteiger partial charge in [0.05, 0.1) is 0 Å². The molecule has 1 aliphatic rings. The van der Waals surface area contributed by atoms with Crippen molar-refractivity contribution in [1.82, 2.24) is 0 Å². The standard InChI is InChI=1S/C10H17/c1-2-7-10-8-5-3-4-6-9-10/h3-4,10H,1-2,5-9H2. The van der Waals surface area contributed by atoms with E-state index in [-0.39, 0.29) is 0 Å². The van der Waals surface area contributed by atoms with Crippen LogP contribution in [0.25, 0.3) is 0 Å². The van der Waals surface area contributed by atoms with Crippen molar-refractivity contribution < 1.29 is 0 Å². The van der Waals surface area contributed by atoms with Gasteiger partial charge in [-0.15, -0.1) is 0 Å². The Balaban J connectivity index is 2.20. The molecule has 57 valence electrons. The summed E-state index contributed by atoms with van der Waals surface area (Å²) in [6.07, 6.45) is 12.5. The summed E-state index contributed by atoms with van der Waals surface area (Å²) < 4.78 is 0. The molecule has 0 heterocycles. The van der Waals surface area contributed by atoms with Crippen LogP contribution in [0.3, 0.4) is 0 Å². The largest absolute Gasteiger partial charge is 0.0885 e. The molecule has 0 spiro atoms. The molecule has 0 saturated carbocycles. The Labute approximate surface area is 64.3 Å². The zero-order chi connectivity index (χ0) is 7.23. The second-order valence-corrected chi connectivity index (χ2v) is 3.13. The van der Waals surface area contributed by atoms with Gasteiger partial charge in [0.15, 0.2) is 0 Å². The molecule has 0 aromatic rings. The highest BCUT2D eigenvalue weighted by Gasteiger charge is 2.07. The molecular weight excluding hydrogens is 120 g/mol. The first-order valence-electron chi connectivity index (χ1n) is 4.37. The summed E-state index contributed by atoms with van der Waals surface area (Å²) in [7, 11) is 0. The molecule has 1 radical (unpaired) electrons. The van der Waals surface area contributed by atoms with Crippen molar-refractivity contribution in [3.05, 3.63) is 19.1 Å². The maximum Gasteiger partial charge on any atom is -0.0348 e.